The SMILES string of the molecule is Cn1cncc1-c1noc(-c2c(O)cccc2F)n1. The Kier molecular flexibility index (Phi) is 2.52. The van der Waals surface area contributed by atoms with Crippen LogP contribution in [0.2, 0.25) is 0 Å². The Morgan fingerprint density at radius 1 is 1.37 bits per heavy atom. The summed E-state index contributed by atoms with van der Waals surface area (Å²) in [4.78, 5) is 8.00. The number of halogens is 1. The maximum Gasteiger partial charge on any atom is 0.265 e. The van der Waals surface area contributed by atoms with Gasteiger partial charge in [-0.05, 0) is 12.1 Å². The van der Waals surface area contributed by atoms with Gasteiger partial charge >= 0.3 is 0 Å². The van der Waals surface area contributed by atoms with Crippen LogP contribution >= 0.6 is 0 Å². The molecule has 0 unspecified atom stereocenters. The highest BCUT2D eigenvalue weighted by Gasteiger charge is 2.19. The summed E-state index contributed by atoms with van der Waals surface area (Å²) in [6, 6.07) is 3.96. The van der Waals surface area contributed by atoms with Crippen LogP contribution in [0.15, 0.2) is 35.2 Å². The molecule has 0 fully saturated rings. The summed E-state index contributed by atoms with van der Waals surface area (Å²) in [5.41, 5.74) is 0.522. The van der Waals surface area contributed by atoms with Crippen LogP contribution in [-0.4, -0.2) is 24.8 Å². The minimum Gasteiger partial charge on any atom is -0.507 e. The molecule has 0 bridgehead atoms. The minimum absolute atomic E-state index is 0.0770. The molecule has 0 saturated heterocycles. The third kappa shape index (κ3) is 1.85. The summed E-state index contributed by atoms with van der Waals surface area (Å²) in [6.07, 6.45) is 3.15. The molecule has 6 nitrogen and oxygen atoms in total. The smallest absolute Gasteiger partial charge is 0.265 e. The van der Waals surface area contributed by atoms with Crippen LogP contribution in [0.4, 0.5) is 4.39 Å². The van der Waals surface area contributed by atoms with Gasteiger partial charge < -0.3 is 14.2 Å². The second-order valence-electron chi connectivity index (χ2n) is 3.95. The molecule has 1 aromatic carbocycles. The van der Waals surface area contributed by atoms with Gasteiger partial charge in [-0.15, -0.1) is 0 Å². The highest BCUT2D eigenvalue weighted by atomic mass is 19.1. The number of phenolic OH excluding ortho intramolecular Hbond substituents is 1. The van der Waals surface area contributed by atoms with Gasteiger partial charge in [-0.25, -0.2) is 9.37 Å². The molecule has 0 atom stereocenters. The van der Waals surface area contributed by atoms with E-state index in [0.717, 1.165) is 0 Å². The van der Waals surface area contributed by atoms with Crippen LogP contribution in [0, 0.1) is 5.82 Å². The first-order chi connectivity index (χ1) is 9.16. The van der Waals surface area contributed by atoms with E-state index in [9.17, 15) is 9.50 Å². The number of aryl methyl sites for hydroxylation is 1. The molecule has 0 aliphatic carbocycles. The van der Waals surface area contributed by atoms with Gasteiger partial charge in [0.1, 0.15) is 22.8 Å². The van der Waals surface area contributed by atoms with Crippen molar-refractivity contribution in [2.24, 2.45) is 7.05 Å². The molecule has 3 rings (SSSR count). The van der Waals surface area contributed by atoms with Crippen molar-refractivity contribution in [3.8, 4) is 28.7 Å². The number of nitrogens with zero attached hydrogens (tertiary/aromatic N) is 4. The summed E-state index contributed by atoms with van der Waals surface area (Å²) in [5.74, 6) is -0.676. The third-order valence-corrected chi connectivity index (χ3v) is 2.68. The molecular formula is C12H9FN4O2. The van der Waals surface area contributed by atoms with Gasteiger partial charge in [0.2, 0.25) is 5.82 Å². The summed E-state index contributed by atoms with van der Waals surface area (Å²) in [5, 5.41) is 13.4. The molecule has 1 N–H and O–H groups in total. The highest BCUT2D eigenvalue weighted by Crippen LogP contribution is 2.31. The molecule has 2 heterocycles. The van der Waals surface area contributed by atoms with Crippen molar-refractivity contribution in [1.82, 2.24) is 19.7 Å². The minimum atomic E-state index is -0.625. The molecule has 0 aliphatic rings. The maximum absolute atomic E-state index is 13.7. The van der Waals surface area contributed by atoms with Crippen molar-refractivity contribution in [2.45, 2.75) is 0 Å². The van der Waals surface area contributed by atoms with Gasteiger partial charge in [0, 0.05) is 7.05 Å². The number of hydrogen-bond donors (Lipinski definition) is 1. The highest BCUT2D eigenvalue weighted by molar-refractivity contribution is 5.64. The average molecular weight is 260 g/mol. The first-order valence-corrected chi connectivity index (χ1v) is 5.45. The monoisotopic (exact) mass is 260 g/mol. The standard InChI is InChI=1S/C12H9FN4O2/c1-17-6-14-5-8(17)11-15-12(19-16-11)10-7(13)3-2-4-9(10)18/h2-6,18H,1H3. The van der Waals surface area contributed by atoms with Crippen LogP contribution in [-0.2, 0) is 7.05 Å². The van der Waals surface area contributed by atoms with E-state index in [1.807, 2.05) is 0 Å². The Morgan fingerprint density at radius 3 is 2.89 bits per heavy atom. The Labute approximate surface area is 107 Å². The van der Waals surface area contributed by atoms with E-state index in [1.54, 1.807) is 24.1 Å². The third-order valence-electron chi connectivity index (χ3n) is 2.68. The lowest BCUT2D eigenvalue weighted by molar-refractivity contribution is 0.421. The fourth-order valence-electron chi connectivity index (χ4n) is 1.73. The second-order valence-corrected chi connectivity index (χ2v) is 3.95. The molecular weight excluding hydrogens is 251 g/mol. The van der Waals surface area contributed by atoms with Crippen molar-refractivity contribution in [1.29, 1.82) is 0 Å². The zero-order chi connectivity index (χ0) is 13.4. The molecule has 0 saturated carbocycles. The molecule has 3 aromatic rings. The lowest BCUT2D eigenvalue weighted by Crippen LogP contribution is -1.91. The Bertz CT molecular complexity index is 715. The molecule has 0 radical (unpaired) electrons. The summed E-state index contributed by atoms with van der Waals surface area (Å²) < 4.78 is 20.4. The second kappa shape index (κ2) is 4.20. The number of aromatic nitrogens is 4. The topological polar surface area (TPSA) is 77.0 Å². The van der Waals surface area contributed by atoms with Crippen LogP contribution in [0.3, 0.4) is 0 Å². The van der Waals surface area contributed by atoms with Crippen molar-refractivity contribution in [3.63, 3.8) is 0 Å². The van der Waals surface area contributed by atoms with Crippen molar-refractivity contribution >= 4 is 0 Å². The number of benzene rings is 1. The molecule has 19 heavy (non-hydrogen) atoms. The van der Waals surface area contributed by atoms with E-state index >= 15 is 0 Å². The molecule has 2 aromatic heterocycles. The van der Waals surface area contributed by atoms with E-state index in [0.29, 0.717) is 5.69 Å². The first-order valence-electron chi connectivity index (χ1n) is 5.45. The van der Waals surface area contributed by atoms with E-state index in [1.165, 1.54) is 18.2 Å². The van der Waals surface area contributed by atoms with Crippen molar-refractivity contribution in [3.05, 3.63) is 36.5 Å². The molecule has 0 amide bonds. The van der Waals surface area contributed by atoms with E-state index < -0.39 is 5.82 Å². The fraction of sp³-hybridized carbons (Fsp3) is 0.0833. The van der Waals surface area contributed by atoms with E-state index in [4.69, 9.17) is 4.52 Å². The molecule has 7 heteroatoms. The maximum atomic E-state index is 13.7. The quantitative estimate of drug-likeness (QED) is 0.762. The number of hydrogen-bond acceptors (Lipinski definition) is 5. The van der Waals surface area contributed by atoms with Crippen molar-refractivity contribution in [2.75, 3.05) is 0 Å². The van der Waals surface area contributed by atoms with Gasteiger partial charge in [-0.3, -0.25) is 0 Å². The molecule has 0 spiro atoms. The summed E-state index contributed by atoms with van der Waals surface area (Å²) in [6.45, 7) is 0. The van der Waals surface area contributed by atoms with E-state index in [2.05, 4.69) is 15.1 Å². The van der Waals surface area contributed by atoms with Crippen LogP contribution in [0.25, 0.3) is 23.0 Å². The number of rotatable bonds is 2. The predicted octanol–water partition coefficient (Wildman–Crippen LogP) is 1.98. The largest absolute Gasteiger partial charge is 0.507 e. The Hall–Kier alpha value is -2.70. The number of phenols is 1. The zero-order valence-electron chi connectivity index (χ0n) is 9.91. The first kappa shape index (κ1) is 11.4. The molecule has 0 aliphatic heterocycles. The van der Waals surface area contributed by atoms with Gasteiger partial charge in [0.25, 0.3) is 5.89 Å². The normalized spacial score (nSPS) is 10.8. The van der Waals surface area contributed by atoms with Crippen LogP contribution < -0.4 is 0 Å². The summed E-state index contributed by atoms with van der Waals surface area (Å²) >= 11 is 0. The van der Waals surface area contributed by atoms with Crippen molar-refractivity contribution < 1.29 is 14.0 Å². The Balaban J connectivity index is 2.10. The number of imidazole rings is 1. The van der Waals surface area contributed by atoms with Gasteiger partial charge in [0.15, 0.2) is 0 Å². The van der Waals surface area contributed by atoms with Gasteiger partial charge in [0.05, 0.1) is 12.5 Å². The lowest BCUT2D eigenvalue weighted by atomic mass is 10.2. The predicted molar refractivity (Wildman–Crippen MR) is 63.6 cm³/mol. The number of aromatic hydroxyl groups is 1. The molecule has 96 valence electrons. The summed E-state index contributed by atoms with van der Waals surface area (Å²) in [7, 11) is 1.78. The lowest BCUT2D eigenvalue weighted by Gasteiger charge is -1.99. The Morgan fingerprint density at radius 2 is 2.21 bits per heavy atom. The van der Waals surface area contributed by atoms with Gasteiger partial charge in [-0.1, -0.05) is 11.2 Å². The fourth-order valence-corrected chi connectivity index (χ4v) is 1.73. The van der Waals surface area contributed by atoms with Gasteiger partial charge in [-0.2, -0.15) is 4.98 Å². The zero-order valence-corrected chi connectivity index (χ0v) is 9.91. The van der Waals surface area contributed by atoms with E-state index in [-0.39, 0.29) is 23.0 Å². The average Bonchev–Trinajstić information content (AvgIpc) is 2.98. The van der Waals surface area contributed by atoms with Crippen LogP contribution in [0.1, 0.15) is 0 Å². The van der Waals surface area contributed by atoms with Crippen LogP contribution in [0.5, 0.6) is 5.75 Å².